The van der Waals surface area contributed by atoms with E-state index in [1.807, 2.05) is 20.0 Å². The maximum absolute atomic E-state index is 10.6. The highest BCUT2D eigenvalue weighted by Gasteiger charge is 2.18. The minimum absolute atomic E-state index is 0.0845. The summed E-state index contributed by atoms with van der Waals surface area (Å²) in [5, 5.41) is 8.73. The van der Waals surface area contributed by atoms with Gasteiger partial charge in [-0.25, -0.2) is 0 Å². The molecule has 0 aliphatic heterocycles. The van der Waals surface area contributed by atoms with Crippen LogP contribution in [0, 0.1) is 13.8 Å². The van der Waals surface area contributed by atoms with E-state index in [1.165, 1.54) is 0 Å². The van der Waals surface area contributed by atoms with E-state index >= 15 is 0 Å². The number of carbonyl (C=O) groups is 1. The minimum Gasteiger partial charge on any atom is -0.481 e. The highest BCUT2D eigenvalue weighted by atomic mass is 16.4. The lowest BCUT2D eigenvalue weighted by molar-refractivity contribution is -0.137. The van der Waals surface area contributed by atoms with Crippen LogP contribution in [0.15, 0.2) is 6.20 Å². The molecule has 0 amide bonds. The highest BCUT2D eigenvalue weighted by Crippen LogP contribution is 2.25. The van der Waals surface area contributed by atoms with Crippen molar-refractivity contribution in [3.63, 3.8) is 0 Å². The van der Waals surface area contributed by atoms with Crippen LogP contribution in [-0.2, 0) is 4.79 Å². The van der Waals surface area contributed by atoms with Gasteiger partial charge in [0.05, 0.1) is 6.42 Å². The Bertz CT molecular complexity index is 311. The molecule has 1 heterocycles. The first kappa shape index (κ1) is 10.8. The van der Waals surface area contributed by atoms with Crippen molar-refractivity contribution in [3.8, 4) is 0 Å². The summed E-state index contributed by atoms with van der Waals surface area (Å²) >= 11 is 0. The average molecular weight is 196 g/mol. The first-order valence-corrected chi connectivity index (χ1v) is 4.62. The fourth-order valence-corrected chi connectivity index (χ4v) is 1.81. The number of rotatable bonds is 4. The number of aromatic amines is 1. The van der Waals surface area contributed by atoms with Crippen molar-refractivity contribution in [1.82, 2.24) is 4.98 Å². The monoisotopic (exact) mass is 196 g/mol. The van der Waals surface area contributed by atoms with Gasteiger partial charge < -0.3 is 15.8 Å². The van der Waals surface area contributed by atoms with Gasteiger partial charge in [-0.1, -0.05) is 0 Å². The van der Waals surface area contributed by atoms with Crippen LogP contribution in [0.4, 0.5) is 0 Å². The molecule has 4 nitrogen and oxygen atoms in total. The van der Waals surface area contributed by atoms with Gasteiger partial charge >= 0.3 is 5.97 Å². The number of aromatic nitrogens is 1. The third-order valence-corrected chi connectivity index (χ3v) is 2.45. The van der Waals surface area contributed by atoms with E-state index in [0.29, 0.717) is 6.54 Å². The van der Waals surface area contributed by atoms with Gasteiger partial charge in [0.1, 0.15) is 0 Å². The number of H-pyrrole nitrogens is 1. The van der Waals surface area contributed by atoms with Crippen molar-refractivity contribution >= 4 is 5.97 Å². The Morgan fingerprint density at radius 3 is 2.64 bits per heavy atom. The Morgan fingerprint density at radius 1 is 1.64 bits per heavy atom. The molecule has 0 aliphatic rings. The van der Waals surface area contributed by atoms with Gasteiger partial charge in [0, 0.05) is 17.8 Å². The van der Waals surface area contributed by atoms with Gasteiger partial charge in [-0.2, -0.15) is 0 Å². The maximum Gasteiger partial charge on any atom is 0.304 e. The molecule has 1 aromatic rings. The number of aliphatic carboxylic acids is 1. The van der Waals surface area contributed by atoms with Crippen LogP contribution in [0.2, 0.25) is 0 Å². The molecule has 0 fully saturated rings. The largest absolute Gasteiger partial charge is 0.481 e. The number of hydrogen-bond donors (Lipinski definition) is 3. The van der Waals surface area contributed by atoms with Crippen LogP contribution in [0.3, 0.4) is 0 Å². The summed E-state index contributed by atoms with van der Waals surface area (Å²) in [6.45, 7) is 4.27. The van der Waals surface area contributed by atoms with Gasteiger partial charge in [-0.05, 0) is 31.5 Å². The molecule has 0 aliphatic carbocycles. The Hall–Kier alpha value is -1.29. The average Bonchev–Trinajstić information content (AvgIpc) is 2.43. The molecule has 4 heteroatoms. The van der Waals surface area contributed by atoms with Crippen LogP contribution in [0.1, 0.15) is 29.2 Å². The second-order valence-corrected chi connectivity index (χ2v) is 3.54. The maximum atomic E-state index is 10.6. The SMILES string of the molecule is Cc1c[nH]c(C)c1C(CN)CC(=O)O. The molecule has 0 radical (unpaired) electrons. The van der Waals surface area contributed by atoms with Crippen molar-refractivity contribution < 1.29 is 9.90 Å². The summed E-state index contributed by atoms with van der Waals surface area (Å²) in [7, 11) is 0. The quantitative estimate of drug-likeness (QED) is 0.675. The topological polar surface area (TPSA) is 79.1 Å². The summed E-state index contributed by atoms with van der Waals surface area (Å²) in [6, 6.07) is 0. The lowest BCUT2D eigenvalue weighted by atomic mass is 9.93. The van der Waals surface area contributed by atoms with Crippen LogP contribution < -0.4 is 5.73 Å². The summed E-state index contributed by atoms with van der Waals surface area (Å²) < 4.78 is 0. The Labute approximate surface area is 83.1 Å². The van der Waals surface area contributed by atoms with E-state index in [9.17, 15) is 4.79 Å². The second kappa shape index (κ2) is 4.28. The van der Waals surface area contributed by atoms with E-state index in [2.05, 4.69) is 4.98 Å². The summed E-state index contributed by atoms with van der Waals surface area (Å²) in [5.74, 6) is -0.890. The van der Waals surface area contributed by atoms with Gasteiger partial charge in [-0.3, -0.25) is 4.79 Å². The van der Waals surface area contributed by atoms with Crippen LogP contribution in [0.5, 0.6) is 0 Å². The second-order valence-electron chi connectivity index (χ2n) is 3.54. The van der Waals surface area contributed by atoms with Gasteiger partial charge in [-0.15, -0.1) is 0 Å². The predicted octanol–water partition coefficient (Wildman–Crippen LogP) is 1.15. The van der Waals surface area contributed by atoms with Crippen molar-refractivity contribution in [3.05, 3.63) is 23.0 Å². The molecule has 0 saturated carbocycles. The number of carboxylic acid groups (broad SMARTS) is 1. The van der Waals surface area contributed by atoms with Crippen molar-refractivity contribution in [1.29, 1.82) is 0 Å². The van der Waals surface area contributed by atoms with Crippen molar-refractivity contribution in [2.45, 2.75) is 26.2 Å². The minimum atomic E-state index is -0.805. The molecular weight excluding hydrogens is 180 g/mol. The normalized spacial score (nSPS) is 12.8. The van der Waals surface area contributed by atoms with E-state index in [0.717, 1.165) is 16.8 Å². The molecule has 4 N–H and O–H groups in total. The molecular formula is C10H16N2O2. The van der Waals surface area contributed by atoms with Crippen LogP contribution in [-0.4, -0.2) is 22.6 Å². The number of nitrogens with two attached hydrogens (primary N) is 1. The Balaban J connectivity index is 2.94. The number of nitrogens with one attached hydrogen (secondary N) is 1. The molecule has 1 rings (SSSR count). The molecule has 0 aromatic carbocycles. The third kappa shape index (κ3) is 2.14. The summed E-state index contributed by atoms with van der Waals surface area (Å²) in [4.78, 5) is 13.7. The fraction of sp³-hybridized carbons (Fsp3) is 0.500. The molecule has 0 bridgehead atoms. The van der Waals surface area contributed by atoms with Gasteiger partial charge in [0.2, 0.25) is 0 Å². The Kier molecular flexibility index (Phi) is 3.30. The van der Waals surface area contributed by atoms with E-state index in [4.69, 9.17) is 10.8 Å². The standard InChI is InChI=1S/C10H16N2O2/c1-6-5-12-7(2)10(6)8(4-11)3-9(13)14/h5,8,12H,3-4,11H2,1-2H3,(H,13,14). The molecule has 1 unspecified atom stereocenters. The van der Waals surface area contributed by atoms with Gasteiger partial charge in [0.25, 0.3) is 0 Å². The zero-order chi connectivity index (χ0) is 10.7. The molecule has 14 heavy (non-hydrogen) atoms. The molecule has 1 atom stereocenters. The van der Waals surface area contributed by atoms with Crippen molar-refractivity contribution in [2.75, 3.05) is 6.54 Å². The van der Waals surface area contributed by atoms with E-state index < -0.39 is 5.97 Å². The summed E-state index contributed by atoms with van der Waals surface area (Å²) in [5.41, 5.74) is 8.72. The molecule has 0 spiro atoms. The van der Waals surface area contributed by atoms with E-state index in [1.54, 1.807) is 0 Å². The summed E-state index contributed by atoms with van der Waals surface area (Å²) in [6.07, 6.45) is 1.98. The van der Waals surface area contributed by atoms with Crippen molar-refractivity contribution in [2.24, 2.45) is 5.73 Å². The molecule has 0 saturated heterocycles. The fourth-order valence-electron chi connectivity index (χ4n) is 1.81. The zero-order valence-electron chi connectivity index (χ0n) is 8.50. The van der Waals surface area contributed by atoms with Crippen LogP contribution >= 0.6 is 0 Å². The first-order valence-electron chi connectivity index (χ1n) is 4.62. The Morgan fingerprint density at radius 2 is 2.29 bits per heavy atom. The van der Waals surface area contributed by atoms with Gasteiger partial charge in [0.15, 0.2) is 0 Å². The molecule has 1 aromatic heterocycles. The number of aryl methyl sites for hydroxylation is 2. The highest BCUT2D eigenvalue weighted by molar-refractivity contribution is 5.68. The molecule has 78 valence electrons. The smallest absolute Gasteiger partial charge is 0.304 e. The lowest BCUT2D eigenvalue weighted by Gasteiger charge is -2.13. The first-order chi connectivity index (χ1) is 6.56. The third-order valence-electron chi connectivity index (χ3n) is 2.45. The van der Waals surface area contributed by atoms with E-state index in [-0.39, 0.29) is 12.3 Å². The zero-order valence-corrected chi connectivity index (χ0v) is 8.50. The van der Waals surface area contributed by atoms with Crippen LogP contribution in [0.25, 0.3) is 0 Å². The predicted molar refractivity (Wildman–Crippen MR) is 54.3 cm³/mol. The number of hydrogen-bond acceptors (Lipinski definition) is 2. The number of carboxylic acids is 1. The lowest BCUT2D eigenvalue weighted by Crippen LogP contribution is -2.17.